The predicted molar refractivity (Wildman–Crippen MR) is 125 cm³/mol. The summed E-state index contributed by atoms with van der Waals surface area (Å²) < 4.78 is 3.24. The summed E-state index contributed by atoms with van der Waals surface area (Å²) in [6.07, 6.45) is 1.43. The van der Waals surface area contributed by atoms with Crippen LogP contribution in [0.25, 0.3) is 28.1 Å². The van der Waals surface area contributed by atoms with E-state index in [1.54, 1.807) is 22.5 Å². The number of aryl methyl sites for hydroxylation is 2. The Labute approximate surface area is 194 Å². The number of pyridine rings is 1. The van der Waals surface area contributed by atoms with Crippen LogP contribution in [0.3, 0.4) is 0 Å². The van der Waals surface area contributed by atoms with Crippen LogP contribution < -0.4 is 10.9 Å². The van der Waals surface area contributed by atoms with Crippen LogP contribution in [0, 0.1) is 6.92 Å². The Morgan fingerprint density at radius 2 is 1.56 bits per heavy atom. The second-order valence-corrected chi connectivity index (χ2v) is 7.58. The third kappa shape index (κ3) is 3.88. The van der Waals surface area contributed by atoms with E-state index in [2.05, 4.69) is 31.0 Å². The molecule has 10 heteroatoms. The van der Waals surface area contributed by atoms with E-state index in [-0.39, 0.29) is 11.4 Å². The van der Waals surface area contributed by atoms with Crippen LogP contribution in [0.15, 0.2) is 72.9 Å². The third-order valence-electron chi connectivity index (χ3n) is 5.26. The first-order valence-electron chi connectivity index (χ1n) is 10.5. The second-order valence-electron chi connectivity index (χ2n) is 7.58. The average Bonchev–Trinajstić information content (AvgIpc) is 3.44. The van der Waals surface area contributed by atoms with Gasteiger partial charge in [0.1, 0.15) is 0 Å². The predicted octanol–water partition coefficient (Wildman–Crippen LogP) is 2.60. The molecular weight excluding hydrogens is 432 g/mol. The van der Waals surface area contributed by atoms with Gasteiger partial charge in [0.05, 0.1) is 16.9 Å². The minimum atomic E-state index is -0.646. The molecule has 2 aromatic carbocycles. The van der Waals surface area contributed by atoms with Crippen LogP contribution >= 0.6 is 0 Å². The third-order valence-corrected chi connectivity index (χ3v) is 5.26. The van der Waals surface area contributed by atoms with E-state index >= 15 is 0 Å². The lowest BCUT2D eigenvalue weighted by Crippen LogP contribution is -2.42. The van der Waals surface area contributed by atoms with E-state index in [4.69, 9.17) is 0 Å². The fourth-order valence-corrected chi connectivity index (χ4v) is 3.61. The Morgan fingerprint density at radius 3 is 2.29 bits per heavy atom. The minimum Gasteiger partial charge on any atom is -0.267 e. The Kier molecular flexibility index (Phi) is 5.30. The van der Waals surface area contributed by atoms with Gasteiger partial charge in [-0.2, -0.15) is 5.10 Å². The SMILES string of the molecule is Cc1nn(C)c2ncc(C(=O)NNC(=O)c3nc(-c4ccccc4)n(-c4ccccc4)n3)cc12. The molecule has 0 fully saturated rings. The molecule has 0 atom stereocenters. The quantitative estimate of drug-likeness (QED) is 0.405. The molecule has 0 spiro atoms. The molecule has 10 nitrogen and oxygen atoms in total. The summed E-state index contributed by atoms with van der Waals surface area (Å²) in [4.78, 5) is 34.1. The molecule has 5 aromatic rings. The normalized spacial score (nSPS) is 10.9. The number of nitrogens with zero attached hydrogens (tertiary/aromatic N) is 6. The van der Waals surface area contributed by atoms with Crippen molar-refractivity contribution in [3.05, 3.63) is 90.0 Å². The Morgan fingerprint density at radius 1 is 0.882 bits per heavy atom. The molecule has 168 valence electrons. The van der Waals surface area contributed by atoms with Crippen LogP contribution in [-0.2, 0) is 7.05 Å². The van der Waals surface area contributed by atoms with Gasteiger partial charge in [-0.3, -0.25) is 25.1 Å². The number of para-hydroxylation sites is 1. The highest BCUT2D eigenvalue weighted by Crippen LogP contribution is 2.21. The van der Waals surface area contributed by atoms with Gasteiger partial charge in [-0.25, -0.2) is 14.6 Å². The van der Waals surface area contributed by atoms with Crippen molar-refractivity contribution in [1.29, 1.82) is 0 Å². The van der Waals surface area contributed by atoms with Crippen molar-refractivity contribution in [3.8, 4) is 17.1 Å². The minimum absolute atomic E-state index is 0.0836. The van der Waals surface area contributed by atoms with Crippen LogP contribution in [-0.4, -0.2) is 41.3 Å². The summed E-state index contributed by atoms with van der Waals surface area (Å²) in [6.45, 7) is 1.84. The van der Waals surface area contributed by atoms with Gasteiger partial charge in [0.25, 0.3) is 5.91 Å². The maximum atomic E-state index is 12.8. The second kappa shape index (κ2) is 8.58. The summed E-state index contributed by atoms with van der Waals surface area (Å²) in [5, 5.41) is 9.44. The molecule has 0 saturated heterocycles. The molecular formula is C24H20N8O2. The Bertz CT molecular complexity index is 1450. The lowest BCUT2D eigenvalue weighted by Gasteiger charge is -2.06. The average molecular weight is 452 g/mol. The molecule has 0 saturated carbocycles. The summed E-state index contributed by atoms with van der Waals surface area (Å²) in [7, 11) is 1.79. The van der Waals surface area contributed by atoms with Crippen LogP contribution in [0.4, 0.5) is 0 Å². The van der Waals surface area contributed by atoms with E-state index in [0.29, 0.717) is 11.5 Å². The number of fused-ring (bicyclic) bond motifs is 1. The molecule has 3 aromatic heterocycles. The van der Waals surface area contributed by atoms with Crippen molar-refractivity contribution in [2.75, 3.05) is 0 Å². The number of carbonyl (C=O) groups excluding carboxylic acids is 2. The van der Waals surface area contributed by atoms with E-state index in [0.717, 1.165) is 22.3 Å². The summed E-state index contributed by atoms with van der Waals surface area (Å²) in [6, 6.07) is 20.5. The summed E-state index contributed by atoms with van der Waals surface area (Å²) >= 11 is 0. The Hall–Kier alpha value is -4.86. The molecule has 2 N–H and O–H groups in total. The molecule has 5 rings (SSSR count). The molecule has 0 radical (unpaired) electrons. The molecule has 0 aliphatic carbocycles. The monoisotopic (exact) mass is 452 g/mol. The van der Waals surface area contributed by atoms with Gasteiger partial charge in [0, 0.05) is 24.2 Å². The maximum absolute atomic E-state index is 12.8. The van der Waals surface area contributed by atoms with Gasteiger partial charge >= 0.3 is 5.91 Å². The number of carbonyl (C=O) groups is 2. The van der Waals surface area contributed by atoms with Crippen molar-refractivity contribution in [1.82, 2.24) is 40.4 Å². The van der Waals surface area contributed by atoms with Crippen molar-refractivity contribution in [2.45, 2.75) is 6.92 Å². The molecule has 34 heavy (non-hydrogen) atoms. The number of hydrazine groups is 1. The first kappa shape index (κ1) is 21.0. The van der Waals surface area contributed by atoms with E-state index < -0.39 is 11.8 Å². The highest BCUT2D eigenvalue weighted by Gasteiger charge is 2.20. The molecule has 0 aliphatic heterocycles. The number of aromatic nitrogens is 6. The zero-order valence-electron chi connectivity index (χ0n) is 18.4. The Balaban J connectivity index is 1.38. The van der Waals surface area contributed by atoms with Gasteiger partial charge in [0.15, 0.2) is 11.5 Å². The molecule has 0 bridgehead atoms. The van der Waals surface area contributed by atoms with Crippen LogP contribution in [0.1, 0.15) is 26.7 Å². The van der Waals surface area contributed by atoms with Crippen molar-refractivity contribution in [3.63, 3.8) is 0 Å². The van der Waals surface area contributed by atoms with E-state index in [9.17, 15) is 9.59 Å². The number of hydrogen-bond donors (Lipinski definition) is 2. The fourth-order valence-electron chi connectivity index (χ4n) is 3.61. The zero-order chi connectivity index (χ0) is 23.7. The molecule has 0 aliphatic rings. The lowest BCUT2D eigenvalue weighted by atomic mass is 10.2. The first-order chi connectivity index (χ1) is 16.5. The van der Waals surface area contributed by atoms with Gasteiger partial charge in [-0.05, 0) is 25.1 Å². The molecule has 0 unspecified atom stereocenters. The molecule has 3 heterocycles. The fraction of sp³-hybridized carbons (Fsp3) is 0.0833. The van der Waals surface area contributed by atoms with Gasteiger partial charge in [0.2, 0.25) is 5.82 Å². The van der Waals surface area contributed by atoms with Gasteiger partial charge in [-0.1, -0.05) is 48.5 Å². The number of hydrogen-bond acceptors (Lipinski definition) is 6. The number of benzene rings is 2. The first-order valence-corrected chi connectivity index (χ1v) is 10.5. The van der Waals surface area contributed by atoms with Crippen LogP contribution in [0.5, 0.6) is 0 Å². The standard InChI is InChI=1S/C24H20N8O2/c1-15-19-13-17(14-25-22(19)31(2)29-15)23(33)27-28-24(34)20-26-21(16-9-5-3-6-10-16)32(30-20)18-11-7-4-8-12-18/h3-14H,1-2H3,(H,27,33)(H,28,34). The summed E-state index contributed by atoms with van der Waals surface area (Å²) in [5.74, 6) is -0.742. The number of amides is 2. The van der Waals surface area contributed by atoms with Gasteiger partial charge in [-0.15, -0.1) is 5.10 Å². The zero-order valence-corrected chi connectivity index (χ0v) is 18.4. The highest BCUT2D eigenvalue weighted by molar-refractivity contribution is 5.99. The van der Waals surface area contributed by atoms with Crippen molar-refractivity contribution < 1.29 is 9.59 Å². The summed E-state index contributed by atoms with van der Waals surface area (Å²) in [5.41, 5.74) is 8.05. The smallest absolute Gasteiger partial charge is 0.267 e. The van der Waals surface area contributed by atoms with E-state index in [1.165, 1.54) is 6.20 Å². The lowest BCUT2D eigenvalue weighted by molar-refractivity contribution is 0.0841. The van der Waals surface area contributed by atoms with Crippen LogP contribution in [0.2, 0.25) is 0 Å². The highest BCUT2D eigenvalue weighted by atomic mass is 16.2. The van der Waals surface area contributed by atoms with E-state index in [1.807, 2.05) is 67.6 Å². The van der Waals surface area contributed by atoms with Gasteiger partial charge < -0.3 is 0 Å². The topological polar surface area (TPSA) is 120 Å². The maximum Gasteiger partial charge on any atom is 0.309 e. The molecule has 2 amide bonds. The number of rotatable bonds is 4. The number of nitrogens with one attached hydrogen (secondary N) is 2. The van der Waals surface area contributed by atoms with Crippen molar-refractivity contribution >= 4 is 22.8 Å². The largest absolute Gasteiger partial charge is 0.309 e. The van der Waals surface area contributed by atoms with Crippen molar-refractivity contribution in [2.24, 2.45) is 7.05 Å².